The first-order chi connectivity index (χ1) is 9.15. The maximum absolute atomic E-state index is 11.0. The van der Waals surface area contributed by atoms with Gasteiger partial charge in [-0.3, -0.25) is 0 Å². The van der Waals surface area contributed by atoms with E-state index in [1.807, 2.05) is 0 Å². The number of hydrogen-bond acceptors (Lipinski definition) is 4. The van der Waals surface area contributed by atoms with E-state index < -0.39 is 5.97 Å². The highest BCUT2D eigenvalue weighted by molar-refractivity contribution is 5.90. The number of carboxylic acid groups (broad SMARTS) is 1. The Balaban J connectivity index is 2.28. The first-order valence-electron chi connectivity index (χ1n) is 6.42. The molecule has 1 rings (SSSR count). The molecule has 0 fully saturated rings. The molecule has 0 amide bonds. The Morgan fingerprint density at radius 1 is 1.42 bits per heavy atom. The van der Waals surface area contributed by atoms with Crippen LogP contribution in [0.3, 0.4) is 0 Å². The third-order valence-electron chi connectivity index (χ3n) is 2.77. The molecule has 0 spiro atoms. The van der Waals surface area contributed by atoms with Crippen LogP contribution in [0.2, 0.25) is 0 Å². The number of aromatic carboxylic acids is 1. The van der Waals surface area contributed by atoms with E-state index in [1.165, 1.54) is 6.07 Å². The largest absolute Gasteiger partial charge is 0.491 e. The summed E-state index contributed by atoms with van der Waals surface area (Å²) in [6.45, 7) is 4.12. The molecule has 19 heavy (non-hydrogen) atoms. The molecule has 106 valence electrons. The lowest BCUT2D eigenvalue weighted by Crippen LogP contribution is -2.26. The van der Waals surface area contributed by atoms with Crippen LogP contribution in [0.5, 0.6) is 5.75 Å². The SMILES string of the molecule is CC(CCO)CNCCOc1ccccc1C(=O)O. The van der Waals surface area contributed by atoms with Gasteiger partial charge in [0.25, 0.3) is 0 Å². The van der Waals surface area contributed by atoms with Gasteiger partial charge in [-0.2, -0.15) is 0 Å². The average molecular weight is 267 g/mol. The van der Waals surface area contributed by atoms with Crippen LogP contribution >= 0.6 is 0 Å². The first-order valence-corrected chi connectivity index (χ1v) is 6.42. The molecule has 0 aliphatic heterocycles. The van der Waals surface area contributed by atoms with Crippen molar-refractivity contribution in [1.82, 2.24) is 5.32 Å². The zero-order chi connectivity index (χ0) is 14.1. The van der Waals surface area contributed by atoms with Crippen molar-refractivity contribution in [1.29, 1.82) is 0 Å². The van der Waals surface area contributed by atoms with Crippen LogP contribution < -0.4 is 10.1 Å². The van der Waals surface area contributed by atoms with Crippen molar-refractivity contribution in [3.8, 4) is 5.75 Å². The number of aliphatic hydroxyl groups is 1. The monoisotopic (exact) mass is 267 g/mol. The van der Waals surface area contributed by atoms with Gasteiger partial charge < -0.3 is 20.3 Å². The van der Waals surface area contributed by atoms with Crippen LogP contribution in [0.4, 0.5) is 0 Å². The number of hydrogen-bond donors (Lipinski definition) is 3. The summed E-state index contributed by atoms with van der Waals surface area (Å²) in [5.74, 6) is -0.184. The highest BCUT2D eigenvalue weighted by Crippen LogP contribution is 2.17. The van der Waals surface area contributed by atoms with Gasteiger partial charge in [0.1, 0.15) is 17.9 Å². The number of ether oxygens (including phenoxy) is 1. The lowest BCUT2D eigenvalue weighted by Gasteiger charge is -2.12. The Morgan fingerprint density at radius 2 is 2.16 bits per heavy atom. The van der Waals surface area contributed by atoms with Gasteiger partial charge in [0, 0.05) is 13.2 Å². The summed E-state index contributed by atoms with van der Waals surface area (Å²) >= 11 is 0. The summed E-state index contributed by atoms with van der Waals surface area (Å²) in [6.07, 6.45) is 0.774. The van der Waals surface area contributed by atoms with E-state index in [9.17, 15) is 4.79 Å². The lowest BCUT2D eigenvalue weighted by molar-refractivity contribution is 0.0692. The Bertz CT molecular complexity index is 395. The fourth-order valence-electron chi connectivity index (χ4n) is 1.67. The summed E-state index contributed by atoms with van der Waals surface area (Å²) in [5, 5.41) is 20.9. The van der Waals surface area contributed by atoms with Gasteiger partial charge in [0.05, 0.1) is 0 Å². The van der Waals surface area contributed by atoms with Gasteiger partial charge in [-0.1, -0.05) is 19.1 Å². The molecule has 5 nitrogen and oxygen atoms in total. The number of carboxylic acids is 1. The number of nitrogens with one attached hydrogen (secondary N) is 1. The maximum Gasteiger partial charge on any atom is 0.339 e. The zero-order valence-corrected chi connectivity index (χ0v) is 11.1. The van der Waals surface area contributed by atoms with Gasteiger partial charge in [-0.25, -0.2) is 4.79 Å². The molecule has 0 radical (unpaired) electrons. The Hall–Kier alpha value is -1.59. The minimum atomic E-state index is -0.986. The van der Waals surface area contributed by atoms with E-state index in [0.29, 0.717) is 24.8 Å². The van der Waals surface area contributed by atoms with Crippen molar-refractivity contribution >= 4 is 5.97 Å². The Kier molecular flexibility index (Phi) is 6.92. The fourth-order valence-corrected chi connectivity index (χ4v) is 1.67. The number of para-hydroxylation sites is 1. The minimum Gasteiger partial charge on any atom is -0.491 e. The number of aliphatic hydroxyl groups excluding tert-OH is 1. The molecule has 0 bridgehead atoms. The van der Waals surface area contributed by atoms with Crippen molar-refractivity contribution in [2.45, 2.75) is 13.3 Å². The molecule has 0 aromatic heterocycles. The summed E-state index contributed by atoms with van der Waals surface area (Å²) in [7, 11) is 0. The van der Waals surface area contributed by atoms with Crippen molar-refractivity contribution in [3.05, 3.63) is 29.8 Å². The molecular formula is C14H21NO4. The van der Waals surface area contributed by atoms with E-state index >= 15 is 0 Å². The Labute approximate surface area is 113 Å². The minimum absolute atomic E-state index is 0.177. The second-order valence-electron chi connectivity index (χ2n) is 4.47. The molecule has 3 N–H and O–H groups in total. The molecule has 1 aromatic rings. The molecule has 0 heterocycles. The van der Waals surface area contributed by atoms with Gasteiger partial charge in [-0.05, 0) is 31.0 Å². The zero-order valence-electron chi connectivity index (χ0n) is 11.1. The van der Waals surface area contributed by atoms with Gasteiger partial charge in [0.15, 0.2) is 0 Å². The highest BCUT2D eigenvalue weighted by Gasteiger charge is 2.09. The number of carbonyl (C=O) groups is 1. The lowest BCUT2D eigenvalue weighted by atomic mass is 10.1. The highest BCUT2D eigenvalue weighted by atomic mass is 16.5. The molecule has 0 aliphatic carbocycles. The van der Waals surface area contributed by atoms with Crippen molar-refractivity contribution in [2.75, 3.05) is 26.3 Å². The van der Waals surface area contributed by atoms with Gasteiger partial charge in [-0.15, -0.1) is 0 Å². The van der Waals surface area contributed by atoms with E-state index in [2.05, 4.69) is 12.2 Å². The van der Waals surface area contributed by atoms with E-state index in [1.54, 1.807) is 18.2 Å². The molecule has 1 unspecified atom stereocenters. The van der Waals surface area contributed by atoms with Crippen molar-refractivity contribution < 1.29 is 19.7 Å². The number of rotatable bonds is 9. The third-order valence-corrected chi connectivity index (χ3v) is 2.77. The average Bonchev–Trinajstić information content (AvgIpc) is 2.39. The van der Waals surface area contributed by atoms with Crippen LogP contribution in [-0.2, 0) is 0 Å². The second-order valence-corrected chi connectivity index (χ2v) is 4.47. The number of benzene rings is 1. The summed E-state index contributed by atoms with van der Waals surface area (Å²) in [6, 6.07) is 6.59. The summed E-state index contributed by atoms with van der Waals surface area (Å²) in [4.78, 5) is 11.0. The smallest absolute Gasteiger partial charge is 0.339 e. The van der Waals surface area contributed by atoms with E-state index in [-0.39, 0.29) is 12.2 Å². The van der Waals surface area contributed by atoms with Crippen molar-refractivity contribution in [3.63, 3.8) is 0 Å². The molecule has 1 atom stereocenters. The van der Waals surface area contributed by atoms with Crippen LogP contribution in [-0.4, -0.2) is 42.5 Å². The van der Waals surface area contributed by atoms with Crippen LogP contribution in [0.15, 0.2) is 24.3 Å². The Morgan fingerprint density at radius 3 is 2.84 bits per heavy atom. The van der Waals surface area contributed by atoms with Crippen molar-refractivity contribution in [2.24, 2.45) is 5.92 Å². The predicted molar refractivity (Wildman–Crippen MR) is 72.6 cm³/mol. The topological polar surface area (TPSA) is 78.8 Å². The third kappa shape index (κ3) is 5.72. The second kappa shape index (κ2) is 8.50. The standard InChI is InChI=1S/C14H21NO4/c1-11(6-8-16)10-15-7-9-19-13-5-3-2-4-12(13)14(17)18/h2-5,11,15-16H,6-10H2,1H3,(H,17,18). The molecular weight excluding hydrogens is 246 g/mol. The fraction of sp³-hybridized carbons (Fsp3) is 0.500. The summed E-state index contributed by atoms with van der Waals surface area (Å²) < 4.78 is 5.45. The normalized spacial score (nSPS) is 12.1. The molecule has 5 heteroatoms. The quantitative estimate of drug-likeness (QED) is 0.589. The molecule has 0 saturated carbocycles. The molecule has 0 saturated heterocycles. The van der Waals surface area contributed by atoms with Crippen LogP contribution in [0, 0.1) is 5.92 Å². The molecule has 0 aliphatic rings. The van der Waals surface area contributed by atoms with E-state index in [4.69, 9.17) is 14.9 Å². The maximum atomic E-state index is 11.0. The van der Waals surface area contributed by atoms with Crippen LogP contribution in [0.1, 0.15) is 23.7 Å². The van der Waals surface area contributed by atoms with Crippen LogP contribution in [0.25, 0.3) is 0 Å². The van der Waals surface area contributed by atoms with Gasteiger partial charge >= 0.3 is 5.97 Å². The predicted octanol–water partition coefficient (Wildman–Crippen LogP) is 1.37. The summed E-state index contributed by atoms with van der Waals surface area (Å²) in [5.41, 5.74) is 0.177. The van der Waals surface area contributed by atoms with E-state index in [0.717, 1.165) is 13.0 Å². The molecule has 1 aromatic carbocycles. The van der Waals surface area contributed by atoms with Gasteiger partial charge in [0.2, 0.25) is 0 Å². The first kappa shape index (κ1) is 15.5.